The quantitative estimate of drug-likeness (QED) is 0.665. The number of hydrogen-bond acceptors (Lipinski definition) is 4. The Bertz CT molecular complexity index is 326. The minimum atomic E-state index is -0.138. The van der Waals surface area contributed by atoms with Crippen LogP contribution in [0.1, 0.15) is 57.5 Å². The Morgan fingerprint density at radius 2 is 1.61 bits per heavy atom. The maximum Gasteiger partial charge on any atom is 0.223 e. The summed E-state index contributed by atoms with van der Waals surface area (Å²) in [6, 6.07) is 0. The lowest BCUT2D eigenvalue weighted by molar-refractivity contribution is 0.0966. The second-order valence-electron chi connectivity index (χ2n) is 4.20. The molecule has 0 amide bonds. The fraction of sp³-hybridized carbons (Fsp3) is 0.833. The van der Waals surface area contributed by atoms with Crippen LogP contribution in [0.25, 0.3) is 0 Å². The number of unbranched alkanes of at least 4 members (excludes halogenated alkanes) is 1. The van der Waals surface area contributed by atoms with Gasteiger partial charge in [0, 0.05) is 20.6 Å². The van der Waals surface area contributed by atoms with E-state index in [-0.39, 0.29) is 12.2 Å². The molecule has 2 atom stereocenters. The van der Waals surface area contributed by atoms with Crippen LogP contribution in [0.3, 0.4) is 0 Å². The van der Waals surface area contributed by atoms with Gasteiger partial charge in [0.15, 0.2) is 0 Å². The number of aromatic nitrogens is 3. The number of nitrogens with zero attached hydrogens (tertiary/aromatic N) is 4. The van der Waals surface area contributed by atoms with Crippen LogP contribution < -0.4 is 5.43 Å². The van der Waals surface area contributed by atoms with Gasteiger partial charge in [-0.1, -0.05) is 13.3 Å². The van der Waals surface area contributed by atoms with E-state index < -0.39 is 0 Å². The maximum atomic E-state index is 5.29. The molecule has 102 valence electrons. The highest BCUT2D eigenvalue weighted by molar-refractivity contribution is 5.00. The first-order chi connectivity index (χ1) is 8.65. The molecule has 2 radical (unpaired) electrons. The first kappa shape index (κ1) is 15.1. The number of methoxy groups -OCH3 is 2. The van der Waals surface area contributed by atoms with Crippen molar-refractivity contribution in [2.75, 3.05) is 20.8 Å². The Balaban J connectivity index is 2.93. The molecule has 6 heteroatoms. The van der Waals surface area contributed by atoms with Crippen molar-refractivity contribution in [2.24, 2.45) is 0 Å². The summed E-state index contributed by atoms with van der Waals surface area (Å²) in [7, 11) is 3.30. The van der Waals surface area contributed by atoms with Gasteiger partial charge < -0.3 is 9.47 Å². The maximum absolute atomic E-state index is 5.29. The number of rotatable bonds is 8. The summed E-state index contributed by atoms with van der Waals surface area (Å²) in [4.78, 5) is 0. The van der Waals surface area contributed by atoms with Crippen molar-refractivity contribution in [3.63, 3.8) is 0 Å². The Morgan fingerprint density at radius 3 is 2.00 bits per heavy atom. The average Bonchev–Trinajstić information content (AvgIpc) is 2.81. The van der Waals surface area contributed by atoms with Gasteiger partial charge in [-0.15, -0.1) is 10.2 Å². The zero-order valence-electron chi connectivity index (χ0n) is 11.9. The summed E-state index contributed by atoms with van der Waals surface area (Å²) in [5.41, 5.74) is 4.53. The van der Waals surface area contributed by atoms with E-state index in [4.69, 9.17) is 9.47 Å². The zero-order chi connectivity index (χ0) is 13.5. The van der Waals surface area contributed by atoms with Crippen LogP contribution in [0, 0.1) is 0 Å². The summed E-state index contributed by atoms with van der Waals surface area (Å²) < 4.78 is 12.3. The van der Waals surface area contributed by atoms with E-state index in [0.29, 0.717) is 11.6 Å². The van der Waals surface area contributed by atoms with Crippen molar-refractivity contribution in [2.45, 2.75) is 45.8 Å². The van der Waals surface area contributed by atoms with Crippen LogP contribution in [0.2, 0.25) is 0 Å². The Kier molecular flexibility index (Phi) is 6.24. The third kappa shape index (κ3) is 3.51. The molecule has 18 heavy (non-hydrogen) atoms. The first-order valence-electron chi connectivity index (χ1n) is 6.34. The van der Waals surface area contributed by atoms with E-state index in [2.05, 4.69) is 22.5 Å². The van der Waals surface area contributed by atoms with Crippen LogP contribution in [0.4, 0.5) is 0 Å². The molecule has 1 aromatic rings. The lowest BCUT2D eigenvalue weighted by Gasteiger charge is -2.07. The molecule has 0 aromatic carbocycles. The minimum Gasteiger partial charge on any atom is -0.374 e. The van der Waals surface area contributed by atoms with Gasteiger partial charge in [-0.3, -0.25) is 0 Å². The number of ether oxygens (including phenoxy) is 2. The topological polar surface area (TPSA) is 63.3 Å². The third-order valence-electron chi connectivity index (χ3n) is 2.88. The van der Waals surface area contributed by atoms with Crippen molar-refractivity contribution < 1.29 is 9.47 Å². The van der Waals surface area contributed by atoms with Crippen LogP contribution in [-0.2, 0) is 9.47 Å². The van der Waals surface area contributed by atoms with E-state index in [0.717, 1.165) is 19.4 Å². The summed E-state index contributed by atoms with van der Waals surface area (Å²) in [6.45, 7) is 6.74. The summed E-state index contributed by atoms with van der Waals surface area (Å²) >= 11 is 0. The molecule has 0 saturated heterocycles. The van der Waals surface area contributed by atoms with E-state index in [1.165, 1.54) is 0 Å². The molecule has 0 bridgehead atoms. The standard InChI is InChI=1S/C12H23N4O2/c1-6-7-8-13-16-11(9(2)17-4)14-15-12(16)10(3)18-5/h9-10H,6-8H2,1-5H3/q+1/t9-,10-/m0/s1. The predicted octanol–water partition coefficient (Wildman–Crippen LogP) is 1.86. The van der Waals surface area contributed by atoms with Crippen molar-refractivity contribution in [3.05, 3.63) is 11.6 Å². The highest BCUT2D eigenvalue weighted by atomic mass is 16.5. The second kappa shape index (κ2) is 7.45. The Morgan fingerprint density at radius 1 is 1.11 bits per heavy atom. The fourth-order valence-electron chi connectivity index (χ4n) is 1.50. The predicted molar refractivity (Wildman–Crippen MR) is 68.2 cm³/mol. The average molecular weight is 255 g/mol. The molecule has 0 fully saturated rings. The largest absolute Gasteiger partial charge is 0.374 e. The van der Waals surface area contributed by atoms with Gasteiger partial charge in [-0.2, -0.15) is 0 Å². The van der Waals surface area contributed by atoms with Crippen molar-refractivity contribution >= 4 is 0 Å². The van der Waals surface area contributed by atoms with E-state index >= 15 is 0 Å². The van der Waals surface area contributed by atoms with E-state index in [9.17, 15) is 0 Å². The lowest BCUT2D eigenvalue weighted by atomic mass is 10.3. The summed E-state index contributed by atoms with van der Waals surface area (Å²) in [6.07, 6.45) is 1.87. The summed E-state index contributed by atoms with van der Waals surface area (Å²) in [5.74, 6) is 1.43. The monoisotopic (exact) mass is 255 g/mol. The summed E-state index contributed by atoms with van der Waals surface area (Å²) in [5, 5.41) is 8.30. The van der Waals surface area contributed by atoms with Crippen molar-refractivity contribution in [3.8, 4) is 0 Å². The zero-order valence-corrected chi connectivity index (χ0v) is 11.9. The van der Waals surface area contributed by atoms with Crippen LogP contribution >= 0.6 is 0 Å². The van der Waals surface area contributed by atoms with Crippen LogP contribution in [0.15, 0.2) is 0 Å². The third-order valence-corrected chi connectivity index (χ3v) is 2.88. The molecular weight excluding hydrogens is 232 g/mol. The molecule has 0 aliphatic heterocycles. The van der Waals surface area contributed by atoms with Gasteiger partial charge in [0.05, 0.1) is 0 Å². The van der Waals surface area contributed by atoms with Gasteiger partial charge in [0.1, 0.15) is 12.2 Å². The SMILES string of the molecule is CCCC[N+]n1c([C@H](C)OC)nnc1[C@H](C)OC. The molecule has 1 aromatic heterocycles. The fourth-order valence-corrected chi connectivity index (χ4v) is 1.50. The van der Waals surface area contributed by atoms with Crippen molar-refractivity contribution in [1.82, 2.24) is 20.3 Å². The highest BCUT2D eigenvalue weighted by Gasteiger charge is 2.28. The molecule has 0 unspecified atom stereocenters. The van der Waals surface area contributed by atoms with Crippen LogP contribution in [0.5, 0.6) is 0 Å². The normalized spacial score (nSPS) is 14.7. The highest BCUT2D eigenvalue weighted by Crippen LogP contribution is 2.19. The molecule has 0 N–H and O–H groups in total. The molecule has 0 aliphatic rings. The first-order valence-corrected chi connectivity index (χ1v) is 6.34. The molecular formula is C12H23N4O2+. The minimum absolute atomic E-state index is 0.138. The molecule has 1 rings (SSSR count). The van der Waals surface area contributed by atoms with Gasteiger partial charge >= 0.3 is 0 Å². The van der Waals surface area contributed by atoms with E-state index in [1.807, 2.05) is 13.8 Å². The molecule has 0 spiro atoms. The van der Waals surface area contributed by atoms with Crippen molar-refractivity contribution in [1.29, 1.82) is 0 Å². The van der Waals surface area contributed by atoms with Gasteiger partial charge in [0.2, 0.25) is 23.6 Å². The smallest absolute Gasteiger partial charge is 0.223 e. The Labute approximate surface area is 109 Å². The Hall–Kier alpha value is -0.980. The van der Waals surface area contributed by atoms with Gasteiger partial charge in [-0.05, 0) is 18.5 Å². The molecule has 1 heterocycles. The van der Waals surface area contributed by atoms with Gasteiger partial charge in [0.25, 0.3) is 0 Å². The number of hydrogen-bond donors (Lipinski definition) is 0. The van der Waals surface area contributed by atoms with Crippen LogP contribution in [-0.4, -0.2) is 35.6 Å². The molecule has 6 nitrogen and oxygen atoms in total. The second-order valence-corrected chi connectivity index (χ2v) is 4.20. The molecule has 0 saturated carbocycles. The lowest BCUT2D eigenvalue weighted by Crippen LogP contribution is -2.23. The van der Waals surface area contributed by atoms with E-state index in [1.54, 1.807) is 18.9 Å². The van der Waals surface area contributed by atoms with Gasteiger partial charge in [-0.25, -0.2) is 0 Å². The molecule has 0 aliphatic carbocycles.